The minimum atomic E-state index is -0.514. The number of alkyl halides is 1. The Kier molecular flexibility index (Phi) is 6.67. The van der Waals surface area contributed by atoms with E-state index in [1.807, 2.05) is 0 Å². The van der Waals surface area contributed by atoms with E-state index in [-0.39, 0.29) is 0 Å². The van der Waals surface area contributed by atoms with Crippen LogP contribution < -0.4 is 0 Å². The molecule has 0 saturated heterocycles. The summed E-state index contributed by atoms with van der Waals surface area (Å²) in [5.74, 6) is 0. The lowest BCUT2D eigenvalue weighted by atomic mass is 10.8. The maximum atomic E-state index is 4.54. The number of halogens is 1. The maximum Gasteiger partial charge on any atom is 0.233 e. The van der Waals surface area contributed by atoms with Crippen molar-refractivity contribution in [2.75, 3.05) is 19.5 Å². The van der Waals surface area contributed by atoms with E-state index in [9.17, 15) is 0 Å². The van der Waals surface area contributed by atoms with Crippen molar-refractivity contribution in [1.29, 1.82) is 0 Å². The molecule has 0 unspecified atom stereocenters. The van der Waals surface area contributed by atoms with Crippen LogP contribution in [0.5, 0.6) is 0 Å². The predicted molar refractivity (Wildman–Crippen MR) is 33.8 cm³/mol. The Hall–Kier alpha value is 0.320. The van der Waals surface area contributed by atoms with Gasteiger partial charge in [-0.2, -0.15) is 0 Å². The summed E-state index contributed by atoms with van der Waals surface area (Å²) >= 11 is 3.11. The van der Waals surface area contributed by atoms with Crippen molar-refractivity contribution in [2.24, 2.45) is 0 Å². The average Bonchev–Trinajstić information content (AvgIpc) is 1.88. The van der Waals surface area contributed by atoms with E-state index in [0.29, 0.717) is 5.33 Å². The van der Waals surface area contributed by atoms with Gasteiger partial charge in [-0.3, -0.25) is 0 Å². The Morgan fingerprint density at radius 2 is 1.67 bits per heavy atom. The lowest BCUT2D eigenvalue weighted by Crippen LogP contribution is -2.17. The van der Waals surface area contributed by atoms with Crippen LogP contribution in [0.15, 0.2) is 0 Å². The van der Waals surface area contributed by atoms with Crippen molar-refractivity contribution in [3.8, 4) is 0 Å². The SMILES string of the molecule is COOC(CBr)OOC. The molecular weight excluding hydrogens is 192 g/mol. The van der Waals surface area contributed by atoms with Crippen molar-refractivity contribution in [3.63, 3.8) is 0 Å². The van der Waals surface area contributed by atoms with Gasteiger partial charge in [0.25, 0.3) is 0 Å². The fraction of sp³-hybridized carbons (Fsp3) is 1.00. The standard InChI is InChI=1S/C4H9BrO4/c1-6-8-4(3-5)9-7-2/h4H,3H2,1-2H3. The van der Waals surface area contributed by atoms with Crippen LogP contribution in [-0.2, 0) is 19.6 Å². The molecule has 0 aliphatic heterocycles. The summed E-state index contributed by atoms with van der Waals surface area (Å²) in [5.41, 5.74) is 0. The van der Waals surface area contributed by atoms with E-state index in [1.54, 1.807) is 0 Å². The second-order valence-electron chi connectivity index (χ2n) is 1.11. The molecule has 0 radical (unpaired) electrons. The van der Waals surface area contributed by atoms with Gasteiger partial charge in [-0.05, 0) is 0 Å². The van der Waals surface area contributed by atoms with E-state index in [4.69, 9.17) is 0 Å². The van der Waals surface area contributed by atoms with Gasteiger partial charge in [0.2, 0.25) is 6.29 Å². The second-order valence-corrected chi connectivity index (χ2v) is 1.76. The lowest BCUT2D eigenvalue weighted by Gasteiger charge is -2.09. The molecule has 4 nitrogen and oxygen atoms in total. The van der Waals surface area contributed by atoms with Gasteiger partial charge in [0.1, 0.15) is 0 Å². The molecule has 0 amide bonds. The molecule has 0 spiro atoms. The summed E-state index contributed by atoms with van der Waals surface area (Å²) in [7, 11) is 2.80. The van der Waals surface area contributed by atoms with Crippen molar-refractivity contribution in [2.45, 2.75) is 6.29 Å². The Balaban J connectivity index is 3.18. The third-order valence-corrected chi connectivity index (χ3v) is 1.06. The van der Waals surface area contributed by atoms with Crippen LogP contribution >= 0.6 is 15.9 Å². The molecule has 0 aromatic rings. The Labute approximate surface area is 62.0 Å². The zero-order chi connectivity index (χ0) is 7.11. The Bertz CT molecular complexity index is 54.5. The Morgan fingerprint density at radius 1 is 1.22 bits per heavy atom. The van der Waals surface area contributed by atoms with E-state index in [1.165, 1.54) is 14.2 Å². The first-order valence-electron chi connectivity index (χ1n) is 2.30. The topological polar surface area (TPSA) is 36.9 Å². The minimum absolute atomic E-state index is 0.495. The molecule has 0 heterocycles. The molecule has 56 valence electrons. The van der Waals surface area contributed by atoms with Crippen molar-refractivity contribution in [3.05, 3.63) is 0 Å². The van der Waals surface area contributed by atoms with Crippen LogP contribution in [0.2, 0.25) is 0 Å². The van der Waals surface area contributed by atoms with E-state index >= 15 is 0 Å². The third kappa shape index (κ3) is 4.80. The predicted octanol–water partition coefficient (Wildman–Crippen LogP) is 0.863. The molecule has 0 saturated carbocycles. The highest BCUT2D eigenvalue weighted by atomic mass is 79.9. The van der Waals surface area contributed by atoms with Gasteiger partial charge in [-0.25, -0.2) is 19.6 Å². The van der Waals surface area contributed by atoms with Crippen LogP contribution in [0.25, 0.3) is 0 Å². The normalized spacial score (nSPS) is 10.7. The van der Waals surface area contributed by atoms with Crippen LogP contribution in [0.1, 0.15) is 0 Å². The molecule has 0 aliphatic carbocycles. The summed E-state index contributed by atoms with van der Waals surface area (Å²) in [5, 5.41) is 0.495. The van der Waals surface area contributed by atoms with Gasteiger partial charge in [-0.1, -0.05) is 15.9 Å². The van der Waals surface area contributed by atoms with Gasteiger partial charge in [-0.15, -0.1) is 0 Å². The van der Waals surface area contributed by atoms with Crippen LogP contribution in [0.3, 0.4) is 0 Å². The minimum Gasteiger partial charge on any atom is -0.237 e. The molecule has 0 atom stereocenters. The smallest absolute Gasteiger partial charge is 0.233 e. The second kappa shape index (κ2) is 6.44. The van der Waals surface area contributed by atoms with Crippen LogP contribution in [0, 0.1) is 0 Å². The molecule has 0 fully saturated rings. The van der Waals surface area contributed by atoms with Gasteiger partial charge < -0.3 is 0 Å². The quantitative estimate of drug-likeness (QED) is 0.286. The van der Waals surface area contributed by atoms with E-state index < -0.39 is 6.29 Å². The maximum absolute atomic E-state index is 4.54. The molecule has 0 aromatic carbocycles. The average molecular weight is 201 g/mol. The molecule has 5 heteroatoms. The molecule has 0 aromatic heterocycles. The van der Waals surface area contributed by atoms with E-state index in [0.717, 1.165) is 0 Å². The summed E-state index contributed by atoms with van der Waals surface area (Å²) in [6.45, 7) is 0. The summed E-state index contributed by atoms with van der Waals surface area (Å²) < 4.78 is 0. The molecule has 9 heavy (non-hydrogen) atoms. The monoisotopic (exact) mass is 200 g/mol. The van der Waals surface area contributed by atoms with Gasteiger partial charge in [0, 0.05) is 0 Å². The van der Waals surface area contributed by atoms with Gasteiger partial charge >= 0.3 is 0 Å². The summed E-state index contributed by atoms with van der Waals surface area (Å²) in [6.07, 6.45) is -0.514. The number of hydrogen-bond donors (Lipinski definition) is 0. The first-order chi connectivity index (χ1) is 4.35. The highest BCUT2D eigenvalue weighted by molar-refractivity contribution is 9.09. The third-order valence-electron chi connectivity index (χ3n) is 0.533. The Morgan fingerprint density at radius 3 is 1.89 bits per heavy atom. The number of rotatable bonds is 5. The van der Waals surface area contributed by atoms with Crippen molar-refractivity contribution < 1.29 is 19.6 Å². The van der Waals surface area contributed by atoms with Crippen molar-refractivity contribution in [1.82, 2.24) is 0 Å². The van der Waals surface area contributed by atoms with Crippen LogP contribution in [0.4, 0.5) is 0 Å². The van der Waals surface area contributed by atoms with Gasteiger partial charge in [0.05, 0.1) is 19.5 Å². The molecule has 0 rings (SSSR count). The fourth-order valence-electron chi connectivity index (χ4n) is 0.282. The highest BCUT2D eigenvalue weighted by Gasteiger charge is 2.06. The largest absolute Gasteiger partial charge is 0.237 e. The first-order valence-corrected chi connectivity index (χ1v) is 3.42. The molecule has 0 N–H and O–H groups in total. The highest BCUT2D eigenvalue weighted by Crippen LogP contribution is 1.98. The fourth-order valence-corrected chi connectivity index (χ4v) is 0.498. The van der Waals surface area contributed by atoms with Gasteiger partial charge in [0.15, 0.2) is 0 Å². The molecular formula is C4H9BrO4. The summed E-state index contributed by atoms with van der Waals surface area (Å²) in [4.78, 5) is 17.7. The number of hydrogen-bond acceptors (Lipinski definition) is 4. The summed E-state index contributed by atoms with van der Waals surface area (Å²) in [6, 6.07) is 0. The zero-order valence-electron chi connectivity index (χ0n) is 5.30. The first kappa shape index (κ1) is 9.32. The zero-order valence-corrected chi connectivity index (χ0v) is 6.88. The van der Waals surface area contributed by atoms with Crippen LogP contribution in [-0.4, -0.2) is 25.8 Å². The lowest BCUT2D eigenvalue weighted by molar-refractivity contribution is -0.441. The molecule has 0 bridgehead atoms. The van der Waals surface area contributed by atoms with E-state index in [2.05, 4.69) is 35.5 Å². The molecule has 0 aliphatic rings. The van der Waals surface area contributed by atoms with Crippen molar-refractivity contribution >= 4 is 15.9 Å².